The van der Waals surface area contributed by atoms with E-state index in [1.54, 1.807) is 12.1 Å². The van der Waals surface area contributed by atoms with Crippen LogP contribution in [0.15, 0.2) is 23.2 Å². The monoisotopic (exact) mass is 331 g/mol. The normalized spacial score (nSPS) is 11.8. The van der Waals surface area contributed by atoms with Gasteiger partial charge in [0, 0.05) is 26.8 Å². The van der Waals surface area contributed by atoms with Crippen LogP contribution in [0, 0.1) is 0 Å². The SMILES string of the molecule is CSCCCCCCNc1ccc(S(=O)(=O)N(C)C)cn1. The predicted octanol–water partition coefficient (Wildman–Crippen LogP) is 2.67. The molecule has 0 radical (unpaired) electrons. The molecule has 21 heavy (non-hydrogen) atoms. The van der Waals surface area contributed by atoms with Gasteiger partial charge in [0.1, 0.15) is 10.7 Å². The fourth-order valence-corrected chi connectivity index (χ4v) is 3.13. The highest BCUT2D eigenvalue weighted by molar-refractivity contribution is 7.98. The zero-order valence-electron chi connectivity index (χ0n) is 13.0. The number of unbranched alkanes of at least 4 members (excludes halogenated alkanes) is 3. The summed E-state index contributed by atoms with van der Waals surface area (Å²) in [7, 11) is -0.366. The van der Waals surface area contributed by atoms with E-state index in [2.05, 4.69) is 16.6 Å². The average molecular weight is 332 g/mol. The Morgan fingerprint density at radius 1 is 1.19 bits per heavy atom. The summed E-state index contributed by atoms with van der Waals surface area (Å²) in [5.74, 6) is 1.95. The van der Waals surface area contributed by atoms with E-state index >= 15 is 0 Å². The van der Waals surface area contributed by atoms with Gasteiger partial charge in [-0.05, 0) is 37.0 Å². The first-order valence-electron chi connectivity index (χ1n) is 7.10. The summed E-state index contributed by atoms with van der Waals surface area (Å²) in [6, 6.07) is 3.30. The third-order valence-electron chi connectivity index (χ3n) is 3.10. The molecule has 7 heteroatoms. The Kier molecular flexibility index (Phi) is 8.06. The number of nitrogens with one attached hydrogen (secondary N) is 1. The molecule has 1 heterocycles. The minimum atomic E-state index is -3.39. The first-order chi connectivity index (χ1) is 9.98. The molecule has 0 amide bonds. The van der Waals surface area contributed by atoms with Crippen LogP contribution in [0.5, 0.6) is 0 Å². The van der Waals surface area contributed by atoms with Gasteiger partial charge in [-0.1, -0.05) is 12.8 Å². The third-order valence-corrected chi connectivity index (χ3v) is 5.59. The second-order valence-corrected chi connectivity index (χ2v) is 8.14. The van der Waals surface area contributed by atoms with Crippen LogP contribution in [-0.4, -0.2) is 50.4 Å². The van der Waals surface area contributed by atoms with Crippen molar-refractivity contribution in [2.75, 3.05) is 38.0 Å². The van der Waals surface area contributed by atoms with Gasteiger partial charge in [0.15, 0.2) is 0 Å². The van der Waals surface area contributed by atoms with Gasteiger partial charge in [-0.15, -0.1) is 0 Å². The van der Waals surface area contributed by atoms with E-state index in [0.717, 1.165) is 18.8 Å². The molecule has 0 unspecified atom stereocenters. The Balaban J connectivity index is 2.35. The zero-order valence-corrected chi connectivity index (χ0v) is 14.6. The highest BCUT2D eigenvalue weighted by Gasteiger charge is 2.17. The van der Waals surface area contributed by atoms with Crippen molar-refractivity contribution in [2.45, 2.75) is 30.6 Å². The highest BCUT2D eigenvalue weighted by atomic mass is 32.2. The van der Waals surface area contributed by atoms with Crippen LogP contribution >= 0.6 is 11.8 Å². The van der Waals surface area contributed by atoms with Crippen molar-refractivity contribution in [1.82, 2.24) is 9.29 Å². The van der Waals surface area contributed by atoms with Crippen LogP contribution in [0.25, 0.3) is 0 Å². The second-order valence-electron chi connectivity index (χ2n) is 5.00. The van der Waals surface area contributed by atoms with Gasteiger partial charge in [-0.25, -0.2) is 17.7 Å². The zero-order chi connectivity index (χ0) is 15.7. The molecule has 1 aromatic heterocycles. The van der Waals surface area contributed by atoms with Gasteiger partial charge >= 0.3 is 0 Å². The molecule has 0 fully saturated rings. The predicted molar refractivity (Wildman–Crippen MR) is 90.4 cm³/mol. The van der Waals surface area contributed by atoms with E-state index in [0.29, 0.717) is 0 Å². The quantitative estimate of drug-likeness (QED) is 0.668. The second kappa shape index (κ2) is 9.27. The molecule has 0 aliphatic heterocycles. The number of aromatic nitrogens is 1. The minimum Gasteiger partial charge on any atom is -0.370 e. The molecule has 1 aromatic rings. The maximum atomic E-state index is 11.9. The molecule has 1 rings (SSSR count). The maximum absolute atomic E-state index is 11.9. The highest BCUT2D eigenvalue weighted by Crippen LogP contribution is 2.14. The summed E-state index contributed by atoms with van der Waals surface area (Å²) in [4.78, 5) is 4.37. The van der Waals surface area contributed by atoms with Crippen LogP contribution < -0.4 is 5.32 Å². The lowest BCUT2D eigenvalue weighted by molar-refractivity contribution is 0.520. The first-order valence-corrected chi connectivity index (χ1v) is 9.93. The fourth-order valence-electron chi connectivity index (χ4n) is 1.79. The Labute approximate surface area is 132 Å². The van der Waals surface area contributed by atoms with Gasteiger partial charge in [-0.2, -0.15) is 11.8 Å². The Bertz CT molecular complexity index is 501. The number of sulfonamides is 1. The van der Waals surface area contributed by atoms with Gasteiger partial charge in [0.05, 0.1) is 0 Å². The molecule has 0 spiro atoms. The molecule has 0 aromatic carbocycles. The Morgan fingerprint density at radius 2 is 1.90 bits per heavy atom. The van der Waals surface area contributed by atoms with Gasteiger partial charge in [-0.3, -0.25) is 0 Å². The molecule has 0 aliphatic rings. The molecular formula is C14H25N3O2S2. The van der Waals surface area contributed by atoms with Crippen LogP contribution in [0.3, 0.4) is 0 Å². The number of anilines is 1. The summed E-state index contributed by atoms with van der Waals surface area (Å²) in [5, 5.41) is 3.22. The van der Waals surface area contributed by atoms with Crippen molar-refractivity contribution < 1.29 is 8.42 Å². The molecule has 0 saturated heterocycles. The van der Waals surface area contributed by atoms with E-state index in [9.17, 15) is 8.42 Å². The molecule has 1 N–H and O–H groups in total. The third kappa shape index (κ3) is 6.23. The lowest BCUT2D eigenvalue weighted by Gasteiger charge is -2.11. The molecule has 0 saturated carbocycles. The van der Waals surface area contributed by atoms with Crippen LogP contribution in [0.2, 0.25) is 0 Å². The van der Waals surface area contributed by atoms with Crippen molar-refractivity contribution >= 4 is 27.6 Å². The van der Waals surface area contributed by atoms with Crippen LogP contribution in [-0.2, 0) is 10.0 Å². The van der Waals surface area contributed by atoms with Gasteiger partial charge < -0.3 is 5.32 Å². The summed E-state index contributed by atoms with van der Waals surface area (Å²) >= 11 is 1.89. The summed E-state index contributed by atoms with van der Waals surface area (Å²) in [6.45, 7) is 0.867. The standard InChI is InChI=1S/C14H25N3O2S2/c1-17(2)21(18,19)13-8-9-14(16-12-13)15-10-6-4-5-7-11-20-3/h8-9,12H,4-7,10-11H2,1-3H3,(H,15,16). The molecule has 0 atom stereocenters. The van der Waals surface area contributed by atoms with Crippen molar-refractivity contribution in [3.05, 3.63) is 18.3 Å². The lowest BCUT2D eigenvalue weighted by atomic mass is 10.2. The number of thioether (sulfide) groups is 1. The molecule has 5 nitrogen and oxygen atoms in total. The van der Waals surface area contributed by atoms with E-state index in [-0.39, 0.29) is 4.90 Å². The van der Waals surface area contributed by atoms with Crippen molar-refractivity contribution in [2.24, 2.45) is 0 Å². The van der Waals surface area contributed by atoms with Crippen LogP contribution in [0.1, 0.15) is 25.7 Å². The number of pyridine rings is 1. The van der Waals surface area contributed by atoms with Gasteiger partial charge in [0.25, 0.3) is 0 Å². The van der Waals surface area contributed by atoms with E-state index in [4.69, 9.17) is 0 Å². The number of hydrogen-bond acceptors (Lipinski definition) is 5. The Morgan fingerprint density at radius 3 is 2.48 bits per heavy atom. The van der Waals surface area contributed by atoms with Crippen molar-refractivity contribution in [3.8, 4) is 0 Å². The van der Waals surface area contributed by atoms with E-state index in [1.165, 1.54) is 49.6 Å². The topological polar surface area (TPSA) is 62.3 Å². The van der Waals surface area contributed by atoms with E-state index < -0.39 is 10.0 Å². The first kappa shape index (κ1) is 18.3. The molecule has 0 bridgehead atoms. The fraction of sp³-hybridized carbons (Fsp3) is 0.643. The summed E-state index contributed by atoms with van der Waals surface area (Å²) in [5.41, 5.74) is 0. The number of nitrogens with zero attached hydrogens (tertiary/aromatic N) is 2. The van der Waals surface area contributed by atoms with E-state index in [1.807, 2.05) is 11.8 Å². The average Bonchev–Trinajstić information content (AvgIpc) is 2.46. The molecular weight excluding hydrogens is 306 g/mol. The minimum absolute atomic E-state index is 0.218. The maximum Gasteiger partial charge on any atom is 0.244 e. The van der Waals surface area contributed by atoms with Crippen molar-refractivity contribution in [3.63, 3.8) is 0 Å². The van der Waals surface area contributed by atoms with Crippen molar-refractivity contribution in [1.29, 1.82) is 0 Å². The Hall–Kier alpha value is -0.790. The molecule has 0 aliphatic carbocycles. The molecule has 120 valence electrons. The summed E-state index contributed by atoms with van der Waals surface area (Å²) < 4.78 is 25.0. The summed E-state index contributed by atoms with van der Waals surface area (Å²) in [6.07, 6.45) is 8.38. The smallest absolute Gasteiger partial charge is 0.244 e. The lowest BCUT2D eigenvalue weighted by Crippen LogP contribution is -2.22. The number of rotatable bonds is 10. The van der Waals surface area contributed by atoms with Crippen LogP contribution in [0.4, 0.5) is 5.82 Å². The number of hydrogen-bond donors (Lipinski definition) is 1. The van der Waals surface area contributed by atoms with Gasteiger partial charge in [0.2, 0.25) is 10.0 Å². The largest absolute Gasteiger partial charge is 0.370 e.